The second-order valence-corrected chi connectivity index (χ2v) is 6.56. The number of hydrogen-bond acceptors (Lipinski definition) is 4. The standard InChI is InChI=1S/C20H22ClN3O3/c1-13(2)18(23-19(25)15-9-5-6-10-16(15)21)20(26)24-22-12-14-8-4-7-11-17(14)27-3/h4-13,18H,1-3H3,(H,23,25)(H,24,26). The molecule has 0 aliphatic carbocycles. The van der Waals surface area contributed by atoms with Crippen LogP contribution in [0, 0.1) is 5.92 Å². The van der Waals surface area contributed by atoms with Crippen LogP contribution < -0.4 is 15.5 Å². The molecule has 27 heavy (non-hydrogen) atoms. The van der Waals surface area contributed by atoms with Gasteiger partial charge in [-0.1, -0.05) is 49.7 Å². The third-order valence-corrected chi connectivity index (χ3v) is 4.20. The van der Waals surface area contributed by atoms with Gasteiger partial charge in [0.15, 0.2) is 0 Å². The zero-order valence-corrected chi connectivity index (χ0v) is 16.2. The average Bonchev–Trinajstić information content (AvgIpc) is 2.66. The molecule has 2 aromatic rings. The zero-order valence-electron chi connectivity index (χ0n) is 15.4. The van der Waals surface area contributed by atoms with Crippen LogP contribution in [-0.4, -0.2) is 31.2 Å². The number of nitrogens with one attached hydrogen (secondary N) is 2. The van der Waals surface area contributed by atoms with Gasteiger partial charge in [-0.15, -0.1) is 0 Å². The number of methoxy groups -OCH3 is 1. The van der Waals surface area contributed by atoms with Gasteiger partial charge in [-0.05, 0) is 30.2 Å². The molecule has 7 heteroatoms. The highest BCUT2D eigenvalue weighted by atomic mass is 35.5. The SMILES string of the molecule is COc1ccccc1C=NNC(=O)C(NC(=O)c1ccccc1Cl)C(C)C. The lowest BCUT2D eigenvalue weighted by atomic mass is 10.0. The number of halogens is 1. The Morgan fingerprint density at radius 1 is 1.11 bits per heavy atom. The van der Waals surface area contributed by atoms with Gasteiger partial charge in [0.25, 0.3) is 11.8 Å². The molecule has 2 aromatic carbocycles. The Morgan fingerprint density at radius 3 is 2.44 bits per heavy atom. The summed E-state index contributed by atoms with van der Waals surface area (Å²) in [5.41, 5.74) is 3.50. The molecule has 0 radical (unpaired) electrons. The smallest absolute Gasteiger partial charge is 0.262 e. The number of para-hydroxylation sites is 1. The molecule has 0 saturated carbocycles. The van der Waals surface area contributed by atoms with Gasteiger partial charge in [0.1, 0.15) is 11.8 Å². The molecule has 0 aliphatic heterocycles. The molecule has 1 atom stereocenters. The maximum absolute atomic E-state index is 12.5. The summed E-state index contributed by atoms with van der Waals surface area (Å²) >= 11 is 6.04. The van der Waals surface area contributed by atoms with Crippen molar-refractivity contribution in [2.45, 2.75) is 19.9 Å². The number of amides is 2. The number of ether oxygens (including phenoxy) is 1. The van der Waals surface area contributed by atoms with E-state index in [2.05, 4.69) is 15.8 Å². The van der Waals surface area contributed by atoms with Crippen LogP contribution in [0.4, 0.5) is 0 Å². The van der Waals surface area contributed by atoms with Crippen LogP contribution in [0.25, 0.3) is 0 Å². The summed E-state index contributed by atoms with van der Waals surface area (Å²) in [4.78, 5) is 24.9. The van der Waals surface area contributed by atoms with E-state index in [1.807, 2.05) is 32.0 Å². The van der Waals surface area contributed by atoms with Crippen LogP contribution in [0.15, 0.2) is 53.6 Å². The maximum Gasteiger partial charge on any atom is 0.262 e. The molecule has 0 aliphatic rings. The number of carbonyl (C=O) groups is 2. The van der Waals surface area contributed by atoms with E-state index in [9.17, 15) is 9.59 Å². The molecule has 6 nitrogen and oxygen atoms in total. The third kappa shape index (κ3) is 5.56. The predicted molar refractivity (Wildman–Crippen MR) is 106 cm³/mol. The second kappa shape index (κ2) is 9.73. The van der Waals surface area contributed by atoms with E-state index in [-0.39, 0.29) is 5.92 Å². The molecule has 0 spiro atoms. The first kappa shape index (κ1) is 20.5. The monoisotopic (exact) mass is 387 g/mol. The van der Waals surface area contributed by atoms with Gasteiger partial charge in [0.2, 0.25) is 0 Å². The number of hydrazone groups is 1. The van der Waals surface area contributed by atoms with Crippen LogP contribution in [0.2, 0.25) is 5.02 Å². The fourth-order valence-corrected chi connectivity index (χ4v) is 2.63. The Balaban J connectivity index is 2.05. The van der Waals surface area contributed by atoms with Crippen LogP contribution in [0.5, 0.6) is 5.75 Å². The van der Waals surface area contributed by atoms with Gasteiger partial charge < -0.3 is 10.1 Å². The first-order chi connectivity index (χ1) is 12.9. The minimum Gasteiger partial charge on any atom is -0.496 e. The van der Waals surface area contributed by atoms with Crippen molar-refractivity contribution in [1.29, 1.82) is 0 Å². The molecule has 1 unspecified atom stereocenters. The van der Waals surface area contributed by atoms with E-state index in [0.717, 1.165) is 5.56 Å². The van der Waals surface area contributed by atoms with Crippen LogP contribution >= 0.6 is 11.6 Å². The van der Waals surface area contributed by atoms with E-state index < -0.39 is 17.9 Å². The van der Waals surface area contributed by atoms with Crippen molar-refractivity contribution in [2.75, 3.05) is 7.11 Å². The van der Waals surface area contributed by atoms with Crippen LogP contribution in [0.1, 0.15) is 29.8 Å². The third-order valence-electron chi connectivity index (χ3n) is 3.87. The van der Waals surface area contributed by atoms with Crippen molar-refractivity contribution in [3.8, 4) is 5.75 Å². The minimum absolute atomic E-state index is 0.141. The molecule has 2 amide bonds. The van der Waals surface area contributed by atoms with Crippen LogP contribution in [-0.2, 0) is 4.79 Å². The van der Waals surface area contributed by atoms with Crippen molar-refractivity contribution in [1.82, 2.24) is 10.7 Å². The summed E-state index contributed by atoms with van der Waals surface area (Å²) < 4.78 is 5.23. The summed E-state index contributed by atoms with van der Waals surface area (Å²) in [5, 5.41) is 7.01. The van der Waals surface area contributed by atoms with Gasteiger partial charge in [-0.25, -0.2) is 5.43 Å². The van der Waals surface area contributed by atoms with E-state index in [0.29, 0.717) is 16.3 Å². The average molecular weight is 388 g/mol. The largest absolute Gasteiger partial charge is 0.496 e. The molecular formula is C20H22ClN3O3. The lowest BCUT2D eigenvalue weighted by molar-refractivity contribution is -0.123. The van der Waals surface area contributed by atoms with Gasteiger partial charge in [0.05, 0.1) is 23.9 Å². The molecule has 2 N–H and O–H groups in total. The lowest BCUT2D eigenvalue weighted by Crippen LogP contribution is -2.48. The molecule has 0 saturated heterocycles. The number of benzene rings is 2. The van der Waals surface area contributed by atoms with Crippen molar-refractivity contribution < 1.29 is 14.3 Å². The highest BCUT2D eigenvalue weighted by Crippen LogP contribution is 2.16. The van der Waals surface area contributed by atoms with Gasteiger partial charge in [-0.3, -0.25) is 9.59 Å². The van der Waals surface area contributed by atoms with Gasteiger partial charge in [0, 0.05) is 5.56 Å². The number of carbonyl (C=O) groups excluding carboxylic acids is 2. The second-order valence-electron chi connectivity index (χ2n) is 6.15. The molecule has 2 rings (SSSR count). The summed E-state index contributed by atoms with van der Waals surface area (Å²) in [7, 11) is 1.56. The summed E-state index contributed by atoms with van der Waals surface area (Å²) in [6, 6.07) is 13.2. The molecule has 142 valence electrons. The highest BCUT2D eigenvalue weighted by molar-refractivity contribution is 6.33. The summed E-state index contributed by atoms with van der Waals surface area (Å²) in [6.45, 7) is 3.67. The Bertz CT molecular complexity index is 837. The van der Waals surface area contributed by atoms with Crippen molar-refractivity contribution in [3.63, 3.8) is 0 Å². The minimum atomic E-state index is -0.761. The number of nitrogens with zero attached hydrogens (tertiary/aromatic N) is 1. The quantitative estimate of drug-likeness (QED) is 0.565. The summed E-state index contributed by atoms with van der Waals surface area (Å²) in [6.07, 6.45) is 1.49. The van der Waals surface area contributed by atoms with E-state index >= 15 is 0 Å². The van der Waals surface area contributed by atoms with Crippen molar-refractivity contribution >= 4 is 29.6 Å². The topological polar surface area (TPSA) is 79.8 Å². The molecule has 0 fully saturated rings. The van der Waals surface area contributed by atoms with E-state index in [1.165, 1.54) is 6.21 Å². The molecular weight excluding hydrogens is 366 g/mol. The van der Waals surface area contributed by atoms with Gasteiger partial charge >= 0.3 is 0 Å². The van der Waals surface area contributed by atoms with E-state index in [4.69, 9.17) is 16.3 Å². The maximum atomic E-state index is 12.5. The Kier molecular flexibility index (Phi) is 7.37. The molecule has 0 bridgehead atoms. The van der Waals surface area contributed by atoms with Gasteiger partial charge in [-0.2, -0.15) is 5.10 Å². The Hall–Kier alpha value is -2.86. The van der Waals surface area contributed by atoms with Crippen molar-refractivity contribution in [2.24, 2.45) is 11.0 Å². The first-order valence-corrected chi connectivity index (χ1v) is 8.83. The Labute approximate surface area is 163 Å². The van der Waals surface area contributed by atoms with Crippen LogP contribution in [0.3, 0.4) is 0 Å². The van der Waals surface area contributed by atoms with E-state index in [1.54, 1.807) is 37.4 Å². The summed E-state index contributed by atoms with van der Waals surface area (Å²) in [5.74, 6) is -0.333. The predicted octanol–water partition coefficient (Wildman–Crippen LogP) is 3.25. The number of hydrogen-bond donors (Lipinski definition) is 2. The fraction of sp³-hybridized carbons (Fsp3) is 0.250. The van der Waals surface area contributed by atoms with Crippen molar-refractivity contribution in [3.05, 3.63) is 64.7 Å². The zero-order chi connectivity index (χ0) is 19.8. The fourth-order valence-electron chi connectivity index (χ4n) is 2.41. The number of rotatable bonds is 7. The first-order valence-electron chi connectivity index (χ1n) is 8.45. The lowest BCUT2D eigenvalue weighted by Gasteiger charge is -2.20. The highest BCUT2D eigenvalue weighted by Gasteiger charge is 2.25. The molecule has 0 heterocycles. The Morgan fingerprint density at radius 2 is 1.78 bits per heavy atom. The molecule has 0 aromatic heterocycles. The normalized spacial score (nSPS) is 12.0.